The SMILES string of the molecule is CCN1Cc2ccc(C(=O)NCCC(=O)O)cc2C1=O.Nc1ccccn1. The molecule has 0 radical (unpaired) electrons. The second-order valence-corrected chi connectivity index (χ2v) is 5.85. The van der Waals surface area contributed by atoms with Crippen LogP contribution < -0.4 is 11.1 Å². The monoisotopic (exact) mass is 370 g/mol. The van der Waals surface area contributed by atoms with Gasteiger partial charge in [0.05, 0.1) is 6.42 Å². The van der Waals surface area contributed by atoms with Crippen molar-refractivity contribution in [2.75, 3.05) is 18.8 Å². The zero-order chi connectivity index (χ0) is 19.8. The number of aliphatic carboxylic acids is 1. The number of amides is 2. The molecule has 27 heavy (non-hydrogen) atoms. The number of carboxylic acids is 1. The lowest BCUT2D eigenvalue weighted by atomic mass is 10.1. The topological polar surface area (TPSA) is 126 Å². The molecule has 142 valence electrons. The molecule has 0 bridgehead atoms. The van der Waals surface area contributed by atoms with Crippen LogP contribution in [-0.2, 0) is 11.3 Å². The molecule has 0 spiro atoms. The zero-order valence-corrected chi connectivity index (χ0v) is 15.0. The molecule has 0 saturated heterocycles. The maximum Gasteiger partial charge on any atom is 0.305 e. The predicted octanol–water partition coefficient (Wildman–Crippen LogP) is 1.53. The first kappa shape index (κ1) is 19.9. The number of aromatic nitrogens is 1. The third kappa shape index (κ3) is 5.53. The summed E-state index contributed by atoms with van der Waals surface area (Å²) in [6.45, 7) is 3.18. The van der Waals surface area contributed by atoms with Gasteiger partial charge in [0, 0.05) is 37.0 Å². The van der Waals surface area contributed by atoms with Crippen molar-refractivity contribution in [3.63, 3.8) is 0 Å². The first-order valence-corrected chi connectivity index (χ1v) is 8.51. The number of pyridine rings is 1. The standard InChI is InChI=1S/C14H16N2O4.C5H6N2/c1-2-16-8-10-4-3-9(7-11(10)14(16)20)13(19)15-6-5-12(17)18;6-5-3-1-2-4-7-5/h3-4,7H,2,5-6,8H2,1H3,(H,15,19)(H,17,18);1-4H,(H2,6,7). The van der Waals surface area contributed by atoms with Crippen molar-refractivity contribution in [1.29, 1.82) is 0 Å². The minimum atomic E-state index is -0.965. The van der Waals surface area contributed by atoms with Crippen molar-refractivity contribution < 1.29 is 19.5 Å². The highest BCUT2D eigenvalue weighted by Crippen LogP contribution is 2.23. The summed E-state index contributed by atoms with van der Waals surface area (Å²) in [6.07, 6.45) is 1.54. The summed E-state index contributed by atoms with van der Waals surface area (Å²) < 4.78 is 0. The number of hydrogen-bond donors (Lipinski definition) is 3. The van der Waals surface area contributed by atoms with Crippen molar-refractivity contribution in [3.8, 4) is 0 Å². The predicted molar refractivity (Wildman–Crippen MR) is 100 cm³/mol. The number of anilines is 1. The molecule has 0 saturated carbocycles. The normalized spacial score (nSPS) is 12.0. The number of nitrogens with two attached hydrogens (primary N) is 1. The molecule has 8 heteroatoms. The van der Waals surface area contributed by atoms with E-state index in [1.807, 2.05) is 19.1 Å². The number of carbonyl (C=O) groups is 3. The van der Waals surface area contributed by atoms with E-state index in [4.69, 9.17) is 10.8 Å². The average molecular weight is 370 g/mol. The molecule has 1 aliphatic heterocycles. The fourth-order valence-corrected chi connectivity index (χ4v) is 2.52. The Hall–Kier alpha value is -3.42. The molecular weight excluding hydrogens is 348 g/mol. The van der Waals surface area contributed by atoms with Crippen LogP contribution in [0.2, 0.25) is 0 Å². The highest BCUT2D eigenvalue weighted by Gasteiger charge is 2.26. The van der Waals surface area contributed by atoms with Crippen molar-refractivity contribution >= 4 is 23.6 Å². The Bertz CT molecular complexity index is 824. The summed E-state index contributed by atoms with van der Waals surface area (Å²) in [5.74, 6) is -0.824. The number of nitrogens with zero attached hydrogens (tertiary/aromatic N) is 2. The Morgan fingerprint density at radius 1 is 1.30 bits per heavy atom. The van der Waals surface area contributed by atoms with Crippen LogP contribution >= 0.6 is 0 Å². The van der Waals surface area contributed by atoms with E-state index >= 15 is 0 Å². The summed E-state index contributed by atoms with van der Waals surface area (Å²) in [5.41, 5.74) is 7.09. The number of nitrogen functional groups attached to an aromatic ring is 1. The number of fused-ring (bicyclic) bond motifs is 1. The minimum absolute atomic E-state index is 0.0670. The fraction of sp³-hybridized carbons (Fsp3) is 0.263. The molecule has 2 amide bonds. The number of nitrogens with one attached hydrogen (secondary N) is 1. The van der Waals surface area contributed by atoms with E-state index in [9.17, 15) is 14.4 Å². The molecule has 1 aromatic heterocycles. The van der Waals surface area contributed by atoms with Crippen molar-refractivity contribution in [1.82, 2.24) is 15.2 Å². The Morgan fingerprint density at radius 2 is 2.07 bits per heavy atom. The quantitative estimate of drug-likeness (QED) is 0.733. The summed E-state index contributed by atoms with van der Waals surface area (Å²) in [4.78, 5) is 39.7. The van der Waals surface area contributed by atoms with Crippen molar-refractivity contribution in [2.24, 2.45) is 0 Å². The van der Waals surface area contributed by atoms with Gasteiger partial charge in [-0.25, -0.2) is 4.98 Å². The van der Waals surface area contributed by atoms with Crippen LogP contribution in [0.4, 0.5) is 5.82 Å². The lowest BCUT2D eigenvalue weighted by Crippen LogP contribution is -2.26. The first-order valence-electron chi connectivity index (χ1n) is 8.51. The van der Waals surface area contributed by atoms with Crippen molar-refractivity contribution in [2.45, 2.75) is 19.9 Å². The lowest BCUT2D eigenvalue weighted by molar-refractivity contribution is -0.136. The molecule has 1 aliphatic rings. The summed E-state index contributed by atoms with van der Waals surface area (Å²) in [6, 6.07) is 10.4. The van der Waals surface area contributed by atoms with Crippen LogP contribution in [-0.4, -0.2) is 45.9 Å². The molecule has 0 aliphatic carbocycles. The summed E-state index contributed by atoms with van der Waals surface area (Å²) in [5, 5.41) is 11.0. The van der Waals surface area contributed by atoms with Crippen LogP contribution in [0.3, 0.4) is 0 Å². The van der Waals surface area contributed by atoms with E-state index < -0.39 is 5.97 Å². The average Bonchev–Trinajstić information content (AvgIpc) is 2.98. The molecular formula is C19H22N4O4. The van der Waals surface area contributed by atoms with E-state index in [1.54, 1.807) is 35.4 Å². The van der Waals surface area contributed by atoms with Gasteiger partial charge < -0.3 is 21.1 Å². The van der Waals surface area contributed by atoms with Crippen LogP contribution in [0, 0.1) is 0 Å². The molecule has 0 atom stereocenters. The van der Waals surface area contributed by atoms with E-state index in [-0.39, 0.29) is 24.8 Å². The minimum Gasteiger partial charge on any atom is -0.481 e. The third-order valence-corrected chi connectivity index (χ3v) is 3.94. The molecule has 4 N–H and O–H groups in total. The second kappa shape index (κ2) is 9.33. The smallest absolute Gasteiger partial charge is 0.305 e. The lowest BCUT2D eigenvalue weighted by Gasteiger charge is -2.10. The number of carboxylic acid groups (broad SMARTS) is 1. The van der Waals surface area contributed by atoms with E-state index in [2.05, 4.69) is 10.3 Å². The molecule has 2 heterocycles. The third-order valence-electron chi connectivity index (χ3n) is 3.94. The van der Waals surface area contributed by atoms with Gasteiger partial charge in [0.2, 0.25) is 0 Å². The number of hydrogen-bond acceptors (Lipinski definition) is 5. The summed E-state index contributed by atoms with van der Waals surface area (Å²) >= 11 is 0. The largest absolute Gasteiger partial charge is 0.481 e. The van der Waals surface area contributed by atoms with E-state index in [1.165, 1.54) is 0 Å². The zero-order valence-electron chi connectivity index (χ0n) is 15.0. The highest BCUT2D eigenvalue weighted by molar-refractivity contribution is 6.02. The van der Waals surface area contributed by atoms with Gasteiger partial charge in [-0.2, -0.15) is 0 Å². The first-order chi connectivity index (χ1) is 12.9. The van der Waals surface area contributed by atoms with Gasteiger partial charge in [-0.1, -0.05) is 12.1 Å². The molecule has 3 rings (SSSR count). The second-order valence-electron chi connectivity index (χ2n) is 5.85. The van der Waals surface area contributed by atoms with Crippen LogP contribution in [0.1, 0.15) is 39.6 Å². The molecule has 1 aromatic carbocycles. The van der Waals surface area contributed by atoms with Gasteiger partial charge in [-0.3, -0.25) is 14.4 Å². The van der Waals surface area contributed by atoms with Gasteiger partial charge in [-0.15, -0.1) is 0 Å². The highest BCUT2D eigenvalue weighted by atomic mass is 16.4. The Kier molecular flexibility index (Phi) is 6.87. The molecule has 0 fully saturated rings. The maximum atomic E-state index is 12.0. The molecule has 0 unspecified atom stereocenters. The van der Waals surface area contributed by atoms with Gasteiger partial charge in [0.1, 0.15) is 5.82 Å². The molecule has 8 nitrogen and oxygen atoms in total. The number of rotatable bonds is 5. The number of carbonyl (C=O) groups excluding carboxylic acids is 2. The number of benzene rings is 1. The van der Waals surface area contributed by atoms with Gasteiger partial charge >= 0.3 is 5.97 Å². The fourth-order valence-electron chi connectivity index (χ4n) is 2.52. The maximum absolute atomic E-state index is 12.0. The van der Waals surface area contributed by atoms with Crippen LogP contribution in [0.5, 0.6) is 0 Å². The van der Waals surface area contributed by atoms with Gasteiger partial charge in [0.15, 0.2) is 0 Å². The Morgan fingerprint density at radius 3 is 2.63 bits per heavy atom. The van der Waals surface area contributed by atoms with E-state index in [0.717, 1.165) is 5.56 Å². The van der Waals surface area contributed by atoms with Crippen LogP contribution in [0.15, 0.2) is 42.6 Å². The van der Waals surface area contributed by atoms with Gasteiger partial charge in [-0.05, 0) is 36.8 Å². The van der Waals surface area contributed by atoms with Crippen molar-refractivity contribution in [3.05, 3.63) is 59.3 Å². The summed E-state index contributed by atoms with van der Waals surface area (Å²) in [7, 11) is 0. The van der Waals surface area contributed by atoms with E-state index in [0.29, 0.717) is 30.0 Å². The van der Waals surface area contributed by atoms with Gasteiger partial charge in [0.25, 0.3) is 11.8 Å². The Labute approximate surface area is 157 Å². The Balaban J connectivity index is 0.000000313. The molecule has 2 aromatic rings. The van der Waals surface area contributed by atoms with Crippen LogP contribution in [0.25, 0.3) is 0 Å².